The molecule has 5 aromatic rings. The summed E-state index contributed by atoms with van der Waals surface area (Å²) in [6, 6.07) is 26.8. The van der Waals surface area contributed by atoms with Crippen LogP contribution in [0.2, 0.25) is 0 Å². The second kappa shape index (κ2) is 15.9. The topological polar surface area (TPSA) is 62.6 Å². The predicted octanol–water partition coefficient (Wildman–Crippen LogP) is 17.3. The van der Waals surface area contributed by atoms with Gasteiger partial charge in [0.1, 0.15) is 17.2 Å². The number of hydrogen-bond acceptors (Lipinski definition) is 4. The summed E-state index contributed by atoms with van der Waals surface area (Å²) in [7, 11) is 1.75. The van der Waals surface area contributed by atoms with Crippen LogP contribution >= 0.6 is 0 Å². The fourth-order valence-corrected chi connectivity index (χ4v) is 19.6. The minimum absolute atomic E-state index is 0. The molecule has 1 aromatic heterocycles. The van der Waals surface area contributed by atoms with Gasteiger partial charge in [0.05, 0.1) is 18.5 Å². The molecule has 4 aromatic carbocycles. The molecule has 8 fully saturated rings. The van der Waals surface area contributed by atoms with Crippen molar-refractivity contribution < 1.29 is 41.2 Å². The average Bonchev–Trinajstić information content (AvgIpc) is 3.21. The van der Waals surface area contributed by atoms with E-state index in [1.165, 1.54) is 60.8 Å². The number of phenolic OH excluding ortho intramolecular Hbond substituents is 2. The van der Waals surface area contributed by atoms with Crippen molar-refractivity contribution in [2.45, 2.75) is 183 Å². The summed E-state index contributed by atoms with van der Waals surface area (Å²) in [6.07, 6.45) is 14.5. The van der Waals surface area contributed by atoms with Gasteiger partial charge in [-0.1, -0.05) is 106 Å². The molecule has 0 aliphatic heterocycles. The number of methoxy groups -OCH3 is 1. The number of nitrogens with zero attached hydrogens (tertiary/aromatic N) is 1. The molecule has 69 heavy (non-hydrogen) atoms. The molecule has 2 N–H and O–H groups in total. The Hall–Kier alpha value is -3.69. The van der Waals surface area contributed by atoms with E-state index in [-0.39, 0.29) is 69.5 Å². The van der Waals surface area contributed by atoms with Crippen LogP contribution in [0.15, 0.2) is 72.8 Å². The Kier molecular flexibility index (Phi) is 11.3. The van der Waals surface area contributed by atoms with Crippen LogP contribution in [0.5, 0.6) is 17.2 Å². The molecule has 8 bridgehead atoms. The third kappa shape index (κ3) is 8.03. The number of rotatable bonds is 9. The zero-order valence-corrected chi connectivity index (χ0v) is 46.8. The van der Waals surface area contributed by atoms with E-state index in [0.29, 0.717) is 23.3 Å². The second-order valence-electron chi connectivity index (χ2n) is 27.7. The van der Waals surface area contributed by atoms with Gasteiger partial charge in [0, 0.05) is 82.5 Å². The summed E-state index contributed by atoms with van der Waals surface area (Å²) >= 11 is 0. The standard InChI is InChI=1S/C64H79NO3.Zr/c1-38(2)42-14-16-45(49-18-40(5)20-51(55(49)66)63-32-57(7)26-58(8,33-63)28-59(9,27-57)34-63)47(22-42)53-24-44(68-13)25-54(65-53)48-23-43(39(3)4)15-17-46(48)50-19-41(6)21-52(56(50)67)64-35-60(10)29-61(11,36-64)31-62(12,30-60)37-64;/h14-25,38-39,66-67H,26-37H2,1-13H3;. The quantitative estimate of drug-likeness (QED) is 0.154. The molecule has 0 atom stereocenters. The van der Waals surface area contributed by atoms with Crippen molar-refractivity contribution in [2.24, 2.45) is 32.5 Å². The smallest absolute Gasteiger partial charge is 0.127 e. The van der Waals surface area contributed by atoms with E-state index < -0.39 is 0 Å². The zero-order chi connectivity index (χ0) is 48.4. The van der Waals surface area contributed by atoms with Crippen LogP contribution in [0.1, 0.15) is 192 Å². The number of benzene rings is 4. The third-order valence-electron chi connectivity index (χ3n) is 19.0. The molecule has 8 aliphatic carbocycles. The minimum atomic E-state index is -0.0557. The van der Waals surface area contributed by atoms with Crippen molar-refractivity contribution in [1.82, 2.24) is 4.98 Å². The molecule has 0 amide bonds. The summed E-state index contributed by atoms with van der Waals surface area (Å²) in [6.45, 7) is 28.6. The summed E-state index contributed by atoms with van der Waals surface area (Å²) in [5.41, 5.74) is 16.0. The van der Waals surface area contributed by atoms with Gasteiger partial charge in [0.2, 0.25) is 0 Å². The third-order valence-corrected chi connectivity index (χ3v) is 19.0. The van der Waals surface area contributed by atoms with Crippen LogP contribution < -0.4 is 4.74 Å². The van der Waals surface area contributed by atoms with E-state index in [0.717, 1.165) is 100 Å². The molecule has 8 aliphatic rings. The fraction of sp³-hybridized carbons (Fsp3) is 0.547. The van der Waals surface area contributed by atoms with Crippen LogP contribution in [0, 0.1) is 46.3 Å². The maximum atomic E-state index is 12.9. The molecule has 0 unspecified atom stereocenters. The summed E-state index contributed by atoms with van der Waals surface area (Å²) in [5.74, 6) is 2.17. The number of aromatic nitrogens is 1. The van der Waals surface area contributed by atoms with Gasteiger partial charge in [-0.3, -0.25) is 0 Å². The van der Waals surface area contributed by atoms with Gasteiger partial charge in [-0.2, -0.15) is 0 Å². The van der Waals surface area contributed by atoms with Gasteiger partial charge < -0.3 is 14.9 Å². The minimum Gasteiger partial charge on any atom is -0.507 e. The summed E-state index contributed by atoms with van der Waals surface area (Å²) in [4.78, 5) is 5.66. The summed E-state index contributed by atoms with van der Waals surface area (Å²) in [5, 5.41) is 25.8. The van der Waals surface area contributed by atoms with Crippen LogP contribution in [-0.2, 0) is 37.0 Å². The molecule has 4 nitrogen and oxygen atoms in total. The van der Waals surface area contributed by atoms with Crippen LogP contribution in [-0.4, -0.2) is 22.3 Å². The van der Waals surface area contributed by atoms with Gasteiger partial charge in [-0.05, 0) is 193 Å². The van der Waals surface area contributed by atoms with Crippen molar-refractivity contribution >= 4 is 0 Å². The second-order valence-corrected chi connectivity index (χ2v) is 27.7. The maximum Gasteiger partial charge on any atom is 0.127 e. The number of aromatic hydroxyl groups is 2. The first kappa shape index (κ1) is 48.9. The SMILES string of the molecule is COc1cc(-c2cc(C(C)C)ccc2-c2cc(C)cc(C34CC5(C)CC(C)(CC(C)(C5)C3)C4)c2O)nc(-c2cc(C(C)C)ccc2-c2cc(C)cc(C34CC5(C)CC(C)(CC(C)(C5)C3)C4)c2O)c1.[Zr]. The van der Waals surface area contributed by atoms with Crippen LogP contribution in [0.25, 0.3) is 44.8 Å². The Balaban J connectivity index is 0.00000553. The van der Waals surface area contributed by atoms with Crippen LogP contribution in [0.4, 0.5) is 0 Å². The van der Waals surface area contributed by atoms with Gasteiger partial charge in [0.25, 0.3) is 0 Å². The van der Waals surface area contributed by atoms with Gasteiger partial charge >= 0.3 is 0 Å². The molecule has 362 valence electrons. The van der Waals surface area contributed by atoms with Gasteiger partial charge in [-0.25, -0.2) is 4.98 Å². The van der Waals surface area contributed by atoms with Crippen molar-refractivity contribution in [2.75, 3.05) is 7.11 Å². The largest absolute Gasteiger partial charge is 0.507 e. The van der Waals surface area contributed by atoms with Gasteiger partial charge in [0.15, 0.2) is 0 Å². The Morgan fingerprint density at radius 1 is 0.435 bits per heavy atom. The Morgan fingerprint density at radius 3 is 1.04 bits per heavy atom. The molecule has 5 heteroatoms. The molecule has 13 rings (SSSR count). The normalized spacial score (nSPS) is 33.9. The maximum absolute atomic E-state index is 12.9. The molecule has 8 saturated carbocycles. The Morgan fingerprint density at radius 2 is 0.754 bits per heavy atom. The molecule has 1 heterocycles. The van der Waals surface area contributed by atoms with E-state index in [1.807, 2.05) is 0 Å². The van der Waals surface area contributed by atoms with Crippen molar-refractivity contribution in [3.05, 3.63) is 106 Å². The van der Waals surface area contributed by atoms with E-state index >= 15 is 0 Å². The average molecular weight is 1000 g/mol. The first-order valence-corrected chi connectivity index (χ1v) is 26.3. The van der Waals surface area contributed by atoms with Gasteiger partial charge in [-0.15, -0.1) is 0 Å². The number of phenols is 2. The Bertz CT molecular complexity index is 2620. The molecule has 0 radical (unpaired) electrons. The monoisotopic (exact) mass is 1000 g/mol. The predicted molar refractivity (Wildman–Crippen MR) is 281 cm³/mol. The number of pyridine rings is 1. The Labute approximate surface area is 434 Å². The molecular weight excluding hydrogens is 922 g/mol. The molecule has 0 spiro atoms. The van der Waals surface area contributed by atoms with Crippen molar-refractivity contribution in [1.29, 1.82) is 0 Å². The zero-order valence-electron chi connectivity index (χ0n) is 44.3. The van der Waals surface area contributed by atoms with E-state index in [2.05, 4.69) is 156 Å². The molecular formula is C64H79NO3Zr. The first-order valence-electron chi connectivity index (χ1n) is 26.3. The van der Waals surface area contributed by atoms with E-state index in [1.54, 1.807) is 7.11 Å². The van der Waals surface area contributed by atoms with E-state index in [9.17, 15) is 10.2 Å². The molecule has 0 saturated heterocycles. The number of ether oxygens (including phenoxy) is 1. The van der Waals surface area contributed by atoms with Crippen molar-refractivity contribution in [3.63, 3.8) is 0 Å². The van der Waals surface area contributed by atoms with E-state index in [4.69, 9.17) is 9.72 Å². The first-order chi connectivity index (χ1) is 31.8. The van der Waals surface area contributed by atoms with Crippen LogP contribution in [0.3, 0.4) is 0 Å². The number of aryl methyl sites for hydroxylation is 2. The number of hydrogen-bond donors (Lipinski definition) is 2. The summed E-state index contributed by atoms with van der Waals surface area (Å²) < 4.78 is 6.20. The fourth-order valence-electron chi connectivity index (χ4n) is 19.6. The van der Waals surface area contributed by atoms with Crippen molar-refractivity contribution in [3.8, 4) is 62.0 Å².